The van der Waals surface area contributed by atoms with Gasteiger partial charge in [-0.15, -0.1) is 0 Å². The van der Waals surface area contributed by atoms with Gasteiger partial charge in [-0.3, -0.25) is 9.97 Å². The van der Waals surface area contributed by atoms with E-state index in [0.29, 0.717) is 0 Å². The van der Waals surface area contributed by atoms with E-state index in [0.717, 1.165) is 88.7 Å². The third-order valence-electron chi connectivity index (χ3n) is 9.28. The molecule has 0 spiro atoms. The van der Waals surface area contributed by atoms with E-state index in [1.54, 1.807) is 12.4 Å². The zero-order valence-electron chi connectivity index (χ0n) is 26.6. The highest BCUT2D eigenvalue weighted by atomic mass is 16.3. The molecule has 6 aromatic carbocycles. The lowest BCUT2D eigenvalue weighted by Gasteiger charge is -2.13. The van der Waals surface area contributed by atoms with Crippen LogP contribution in [0.4, 0.5) is 0 Å². The highest BCUT2D eigenvalue weighted by Crippen LogP contribution is 2.42. The van der Waals surface area contributed by atoms with Gasteiger partial charge in [-0.2, -0.15) is 0 Å². The summed E-state index contributed by atoms with van der Waals surface area (Å²) in [7, 11) is 0. The second kappa shape index (κ2) is 12.2. The van der Waals surface area contributed by atoms with E-state index in [1.807, 2.05) is 30.6 Å². The summed E-state index contributed by atoms with van der Waals surface area (Å²) in [5, 5.41) is 2.23. The highest BCUT2D eigenvalue weighted by molar-refractivity contribution is 6.13. The topological polar surface area (TPSA) is 38.9 Å². The molecule has 0 radical (unpaired) electrons. The highest BCUT2D eigenvalue weighted by Gasteiger charge is 2.17. The van der Waals surface area contributed by atoms with Crippen LogP contribution in [0.3, 0.4) is 0 Å². The normalized spacial score (nSPS) is 11.3. The second-order valence-corrected chi connectivity index (χ2v) is 12.3. The molecule has 3 heteroatoms. The van der Waals surface area contributed by atoms with Crippen molar-refractivity contribution in [1.29, 1.82) is 0 Å². The lowest BCUT2D eigenvalue weighted by Crippen LogP contribution is -1.88. The van der Waals surface area contributed by atoms with Crippen molar-refractivity contribution in [3.63, 3.8) is 0 Å². The van der Waals surface area contributed by atoms with Crippen molar-refractivity contribution in [2.45, 2.75) is 0 Å². The van der Waals surface area contributed by atoms with Crippen LogP contribution in [0.15, 0.2) is 187 Å². The maximum atomic E-state index is 6.83. The molecule has 0 aliphatic carbocycles. The van der Waals surface area contributed by atoms with Gasteiger partial charge in [0.2, 0.25) is 0 Å². The predicted octanol–water partition coefficient (Wildman–Crippen LogP) is 12.4. The van der Waals surface area contributed by atoms with Crippen molar-refractivity contribution in [2.75, 3.05) is 0 Å². The first-order valence-electron chi connectivity index (χ1n) is 16.5. The first kappa shape index (κ1) is 28.6. The number of rotatable bonds is 6. The van der Waals surface area contributed by atoms with E-state index in [4.69, 9.17) is 4.42 Å². The number of pyridine rings is 2. The molecule has 3 aromatic heterocycles. The van der Waals surface area contributed by atoms with Crippen LogP contribution in [0, 0.1) is 0 Å². The molecule has 0 saturated carbocycles. The first-order chi connectivity index (χ1) is 24.3. The minimum absolute atomic E-state index is 0.892. The lowest BCUT2D eigenvalue weighted by atomic mass is 9.91. The number of furan rings is 1. The van der Waals surface area contributed by atoms with Crippen LogP contribution in [0.25, 0.3) is 88.7 Å². The number of para-hydroxylation sites is 2. The molecule has 3 nitrogen and oxygen atoms in total. The SMILES string of the molecule is c1ccc(-c2cccc3c2oc2c(-c4cc(-c5ccc(-c6cccnc6)cc5)cc(-c5ccc(-c6cccnc6)cc5)c4)cccc23)cc1. The summed E-state index contributed by atoms with van der Waals surface area (Å²) in [5.41, 5.74) is 15.2. The van der Waals surface area contributed by atoms with Crippen LogP contribution >= 0.6 is 0 Å². The summed E-state index contributed by atoms with van der Waals surface area (Å²) in [6.07, 6.45) is 7.42. The Morgan fingerprint density at radius 3 is 1.20 bits per heavy atom. The number of fused-ring (bicyclic) bond motifs is 3. The standard InChI is InChI=1S/C46H30N2O/c1-2-8-35(9-3-1)41-12-4-14-43-44-15-5-13-42(46(44)49-45(41)43)40-27-38(33-20-16-31(17-21-33)36-10-6-24-47-29-36)26-39(28-40)34-22-18-32(19-23-34)37-11-7-25-48-30-37/h1-30H. The summed E-state index contributed by atoms with van der Waals surface area (Å²) in [6.45, 7) is 0. The fourth-order valence-electron chi connectivity index (χ4n) is 6.79. The minimum Gasteiger partial charge on any atom is -0.455 e. The summed E-state index contributed by atoms with van der Waals surface area (Å²) in [4.78, 5) is 8.62. The zero-order chi connectivity index (χ0) is 32.6. The Kier molecular flexibility index (Phi) is 7.14. The van der Waals surface area contributed by atoms with Crippen molar-refractivity contribution in [3.8, 4) is 66.8 Å². The van der Waals surface area contributed by atoms with E-state index in [2.05, 4.69) is 149 Å². The smallest absolute Gasteiger partial charge is 0.143 e. The largest absolute Gasteiger partial charge is 0.455 e. The molecule has 9 rings (SSSR count). The van der Waals surface area contributed by atoms with Crippen molar-refractivity contribution in [3.05, 3.63) is 183 Å². The molecule has 0 aliphatic rings. The Labute approximate surface area is 284 Å². The average Bonchev–Trinajstić information content (AvgIpc) is 3.58. The second-order valence-electron chi connectivity index (χ2n) is 12.3. The molecule has 49 heavy (non-hydrogen) atoms. The average molecular weight is 627 g/mol. The first-order valence-corrected chi connectivity index (χ1v) is 16.5. The number of hydrogen-bond donors (Lipinski definition) is 0. The van der Waals surface area contributed by atoms with E-state index >= 15 is 0 Å². The Hall–Kier alpha value is -6.58. The minimum atomic E-state index is 0.892. The number of hydrogen-bond acceptors (Lipinski definition) is 3. The molecule has 3 heterocycles. The van der Waals surface area contributed by atoms with Crippen LogP contribution in [0.1, 0.15) is 0 Å². The summed E-state index contributed by atoms with van der Waals surface area (Å²) in [5.74, 6) is 0. The number of nitrogens with zero attached hydrogens (tertiary/aromatic N) is 2. The van der Waals surface area contributed by atoms with Crippen LogP contribution in [-0.2, 0) is 0 Å². The van der Waals surface area contributed by atoms with Gasteiger partial charge in [-0.25, -0.2) is 0 Å². The quantitative estimate of drug-likeness (QED) is 0.184. The predicted molar refractivity (Wildman–Crippen MR) is 202 cm³/mol. The maximum Gasteiger partial charge on any atom is 0.143 e. The Bertz CT molecular complexity index is 2450. The molecule has 9 aromatic rings. The van der Waals surface area contributed by atoms with Crippen LogP contribution in [0.5, 0.6) is 0 Å². The number of aromatic nitrogens is 2. The van der Waals surface area contributed by atoms with E-state index in [9.17, 15) is 0 Å². The van der Waals surface area contributed by atoms with E-state index in [1.165, 1.54) is 0 Å². The summed E-state index contributed by atoms with van der Waals surface area (Å²) < 4.78 is 6.83. The fraction of sp³-hybridized carbons (Fsp3) is 0. The van der Waals surface area contributed by atoms with Gasteiger partial charge in [0, 0.05) is 46.7 Å². The Morgan fingerprint density at radius 2 is 0.735 bits per heavy atom. The molecule has 0 saturated heterocycles. The van der Waals surface area contributed by atoms with Crippen molar-refractivity contribution in [2.24, 2.45) is 0 Å². The zero-order valence-corrected chi connectivity index (χ0v) is 26.6. The van der Waals surface area contributed by atoms with Gasteiger partial charge in [-0.05, 0) is 86.0 Å². The van der Waals surface area contributed by atoms with Gasteiger partial charge in [-0.1, -0.05) is 127 Å². The lowest BCUT2D eigenvalue weighted by molar-refractivity contribution is 0.671. The van der Waals surface area contributed by atoms with Gasteiger partial charge >= 0.3 is 0 Å². The molecule has 0 aliphatic heterocycles. The Balaban J connectivity index is 1.21. The summed E-state index contributed by atoms with van der Waals surface area (Å²) >= 11 is 0. The van der Waals surface area contributed by atoms with E-state index < -0.39 is 0 Å². The molecular formula is C46H30N2O. The summed E-state index contributed by atoms with van der Waals surface area (Å²) in [6, 6.07) is 55.8. The molecule has 0 N–H and O–H groups in total. The fourth-order valence-corrected chi connectivity index (χ4v) is 6.79. The van der Waals surface area contributed by atoms with Gasteiger partial charge < -0.3 is 4.42 Å². The van der Waals surface area contributed by atoms with Gasteiger partial charge in [0.1, 0.15) is 11.2 Å². The number of benzene rings is 6. The van der Waals surface area contributed by atoms with Gasteiger partial charge in [0.15, 0.2) is 0 Å². The molecular weight excluding hydrogens is 597 g/mol. The Morgan fingerprint density at radius 1 is 0.306 bits per heavy atom. The van der Waals surface area contributed by atoms with Crippen LogP contribution < -0.4 is 0 Å². The molecule has 0 fully saturated rings. The third kappa shape index (κ3) is 5.38. The maximum absolute atomic E-state index is 6.83. The molecule has 0 bridgehead atoms. The van der Waals surface area contributed by atoms with Crippen molar-refractivity contribution < 1.29 is 4.42 Å². The van der Waals surface area contributed by atoms with E-state index in [-0.39, 0.29) is 0 Å². The third-order valence-corrected chi connectivity index (χ3v) is 9.28. The van der Waals surface area contributed by atoms with Crippen molar-refractivity contribution >= 4 is 21.9 Å². The van der Waals surface area contributed by atoms with Crippen LogP contribution in [0.2, 0.25) is 0 Å². The van der Waals surface area contributed by atoms with Gasteiger partial charge in [0.25, 0.3) is 0 Å². The monoisotopic (exact) mass is 626 g/mol. The van der Waals surface area contributed by atoms with Crippen LogP contribution in [-0.4, -0.2) is 9.97 Å². The molecule has 0 atom stereocenters. The molecule has 0 unspecified atom stereocenters. The van der Waals surface area contributed by atoms with Gasteiger partial charge in [0.05, 0.1) is 0 Å². The molecule has 230 valence electrons. The molecule has 0 amide bonds. The van der Waals surface area contributed by atoms with Crippen molar-refractivity contribution in [1.82, 2.24) is 9.97 Å².